The van der Waals surface area contributed by atoms with Gasteiger partial charge in [0.25, 0.3) is 0 Å². The van der Waals surface area contributed by atoms with Crippen molar-refractivity contribution < 1.29 is 28.9 Å². The lowest BCUT2D eigenvalue weighted by Gasteiger charge is -2.17. The van der Waals surface area contributed by atoms with Crippen molar-refractivity contribution in [3.63, 3.8) is 0 Å². The summed E-state index contributed by atoms with van der Waals surface area (Å²) in [4.78, 5) is 23.9. The number of nitrogens with two attached hydrogens (primary N) is 1. The van der Waals surface area contributed by atoms with Crippen molar-refractivity contribution in [1.82, 2.24) is 9.55 Å². The second-order valence-electron chi connectivity index (χ2n) is 4.58. The molecule has 5 unspecified atom stereocenters. The first-order valence-corrected chi connectivity index (χ1v) is 7.10. The van der Waals surface area contributed by atoms with E-state index in [-0.39, 0.29) is 5.82 Å². The van der Waals surface area contributed by atoms with Crippen LogP contribution in [-0.4, -0.2) is 49.6 Å². The minimum Gasteiger partial charge on any atom is -0.387 e. The highest BCUT2D eigenvalue weighted by Gasteiger charge is 2.45. The molecule has 116 valence electrons. The zero-order chi connectivity index (χ0) is 15.7. The van der Waals surface area contributed by atoms with Crippen LogP contribution in [0.25, 0.3) is 0 Å². The van der Waals surface area contributed by atoms with Crippen LogP contribution in [0.15, 0.2) is 11.0 Å². The van der Waals surface area contributed by atoms with Gasteiger partial charge in [-0.05, 0) is 6.92 Å². The standard InChI is InChI=1S/C10H14N3O7P/c1-4-2-13(10(16)12-8(4)11)9-7(15)6(14)5(20-9)3-19-21(17)18/h2,5-7,9,14-15H,3H2,1H3,(H2-,11,12,16,17,18)/p+1. The number of ether oxygens (including phenoxy) is 1. The van der Waals surface area contributed by atoms with Crippen LogP contribution in [0.3, 0.4) is 0 Å². The third kappa shape index (κ3) is 3.26. The fourth-order valence-electron chi connectivity index (χ4n) is 2.00. The van der Waals surface area contributed by atoms with Crippen molar-refractivity contribution in [3.8, 4) is 0 Å². The van der Waals surface area contributed by atoms with Crippen molar-refractivity contribution in [1.29, 1.82) is 0 Å². The summed E-state index contributed by atoms with van der Waals surface area (Å²) in [7, 11) is -2.85. The van der Waals surface area contributed by atoms with E-state index in [1.54, 1.807) is 6.92 Å². The van der Waals surface area contributed by atoms with Gasteiger partial charge in [-0.15, -0.1) is 9.42 Å². The van der Waals surface area contributed by atoms with Crippen LogP contribution in [0.4, 0.5) is 5.82 Å². The fourth-order valence-corrected chi connectivity index (χ4v) is 2.27. The van der Waals surface area contributed by atoms with Crippen LogP contribution in [0.2, 0.25) is 0 Å². The molecule has 0 aliphatic carbocycles. The lowest BCUT2D eigenvalue weighted by atomic mass is 10.1. The molecule has 0 bridgehead atoms. The summed E-state index contributed by atoms with van der Waals surface area (Å²) in [6.45, 7) is 1.21. The molecule has 21 heavy (non-hydrogen) atoms. The minimum atomic E-state index is -2.85. The molecule has 1 aromatic heterocycles. The average molecular weight is 320 g/mol. The molecule has 0 spiro atoms. The van der Waals surface area contributed by atoms with Crippen LogP contribution in [0.5, 0.6) is 0 Å². The van der Waals surface area contributed by atoms with Gasteiger partial charge < -0.3 is 20.7 Å². The van der Waals surface area contributed by atoms with Gasteiger partial charge in [0.15, 0.2) is 6.23 Å². The second-order valence-corrected chi connectivity index (χ2v) is 5.31. The molecule has 0 aromatic carbocycles. The van der Waals surface area contributed by atoms with E-state index >= 15 is 0 Å². The second kappa shape index (κ2) is 6.14. The van der Waals surface area contributed by atoms with Gasteiger partial charge in [0, 0.05) is 16.3 Å². The van der Waals surface area contributed by atoms with Gasteiger partial charge in [0.1, 0.15) is 30.7 Å². The molecule has 1 aliphatic heterocycles. The Morgan fingerprint density at radius 1 is 1.52 bits per heavy atom. The Morgan fingerprint density at radius 2 is 2.19 bits per heavy atom. The lowest BCUT2D eigenvalue weighted by Crippen LogP contribution is -2.36. The molecule has 0 amide bonds. The molecule has 5 atom stereocenters. The van der Waals surface area contributed by atoms with E-state index in [0.29, 0.717) is 5.56 Å². The number of hydrogen-bond donors (Lipinski definition) is 4. The normalized spacial score (nSPS) is 29.6. The van der Waals surface area contributed by atoms with Crippen LogP contribution in [-0.2, 0) is 13.8 Å². The summed E-state index contributed by atoms with van der Waals surface area (Å²) in [5.41, 5.74) is 5.25. The smallest absolute Gasteiger partial charge is 0.387 e. The van der Waals surface area contributed by atoms with Crippen LogP contribution in [0, 0.1) is 6.92 Å². The Bertz CT molecular complexity index is 607. The van der Waals surface area contributed by atoms with Crippen LogP contribution < -0.4 is 11.4 Å². The number of hydrogen-bond acceptors (Lipinski definition) is 8. The van der Waals surface area contributed by atoms with Crippen LogP contribution in [0.1, 0.15) is 11.8 Å². The molecule has 10 nitrogen and oxygen atoms in total. The van der Waals surface area contributed by atoms with Gasteiger partial charge in [-0.2, -0.15) is 4.98 Å². The van der Waals surface area contributed by atoms with E-state index in [1.807, 2.05) is 0 Å². The summed E-state index contributed by atoms with van der Waals surface area (Å²) in [5.74, 6) is 0.0569. The monoisotopic (exact) mass is 320 g/mol. The maximum Gasteiger partial charge on any atom is 0.694 e. The van der Waals surface area contributed by atoms with Crippen molar-refractivity contribution in [3.05, 3.63) is 22.2 Å². The number of nitrogen functional groups attached to an aromatic ring is 1. The molecule has 1 saturated heterocycles. The molecule has 1 aromatic rings. The number of nitrogens with zero attached hydrogens (tertiary/aromatic N) is 2. The number of anilines is 1. The lowest BCUT2D eigenvalue weighted by molar-refractivity contribution is -0.0517. The van der Waals surface area contributed by atoms with E-state index in [9.17, 15) is 19.6 Å². The highest BCUT2D eigenvalue weighted by atomic mass is 31.1. The first kappa shape index (κ1) is 16.0. The summed E-state index contributed by atoms with van der Waals surface area (Å²) >= 11 is 0. The van der Waals surface area contributed by atoms with Crippen molar-refractivity contribution in [2.45, 2.75) is 31.5 Å². The molecule has 1 fully saturated rings. The molecule has 2 rings (SSSR count). The highest BCUT2D eigenvalue weighted by Crippen LogP contribution is 2.30. The molecule has 0 radical (unpaired) electrons. The topological polar surface area (TPSA) is 157 Å². The maximum absolute atomic E-state index is 11.8. The van der Waals surface area contributed by atoms with Crippen molar-refractivity contribution in [2.75, 3.05) is 12.3 Å². The number of rotatable bonds is 4. The van der Waals surface area contributed by atoms with Crippen LogP contribution >= 0.6 is 8.25 Å². The van der Waals surface area contributed by atoms with Gasteiger partial charge in [0.05, 0.1) is 0 Å². The summed E-state index contributed by atoms with van der Waals surface area (Å²) in [6.07, 6.45) is -3.70. The van der Waals surface area contributed by atoms with Gasteiger partial charge in [-0.3, -0.25) is 4.57 Å². The third-order valence-electron chi connectivity index (χ3n) is 3.13. The fraction of sp³-hybridized carbons (Fsp3) is 0.600. The van der Waals surface area contributed by atoms with Crippen molar-refractivity contribution >= 4 is 14.1 Å². The molecule has 5 N–H and O–H groups in total. The highest BCUT2D eigenvalue weighted by molar-refractivity contribution is 7.32. The quantitative estimate of drug-likeness (QED) is 0.480. The average Bonchev–Trinajstić information content (AvgIpc) is 2.68. The Labute approximate surface area is 119 Å². The molecular weight excluding hydrogens is 305 g/mol. The van der Waals surface area contributed by atoms with E-state index in [4.69, 9.17) is 15.4 Å². The number of aliphatic hydroxyl groups is 2. The first-order chi connectivity index (χ1) is 9.81. The van der Waals surface area contributed by atoms with Gasteiger partial charge in [-0.25, -0.2) is 4.79 Å². The predicted octanol–water partition coefficient (Wildman–Crippen LogP) is -1.58. The Kier molecular flexibility index (Phi) is 4.67. The number of aromatic nitrogens is 2. The van der Waals surface area contributed by atoms with Gasteiger partial charge >= 0.3 is 13.9 Å². The van der Waals surface area contributed by atoms with E-state index < -0.39 is 45.1 Å². The largest absolute Gasteiger partial charge is 0.694 e. The minimum absolute atomic E-state index is 0.0569. The predicted molar refractivity (Wildman–Crippen MR) is 69.3 cm³/mol. The summed E-state index contributed by atoms with van der Waals surface area (Å²) < 4.78 is 21.2. The molecule has 11 heteroatoms. The molecule has 2 heterocycles. The summed E-state index contributed by atoms with van der Waals surface area (Å²) in [6, 6.07) is 0. The molecular formula is C10H15N3O7P+. The van der Waals surface area contributed by atoms with E-state index in [1.165, 1.54) is 6.20 Å². The van der Waals surface area contributed by atoms with Gasteiger partial charge in [-0.1, -0.05) is 0 Å². The molecule has 1 aliphatic rings. The summed E-state index contributed by atoms with van der Waals surface area (Å²) in [5, 5.41) is 19.8. The molecule has 0 saturated carbocycles. The van der Waals surface area contributed by atoms with Crippen molar-refractivity contribution in [2.24, 2.45) is 0 Å². The Hall–Kier alpha value is -1.42. The van der Waals surface area contributed by atoms with Gasteiger partial charge in [0.2, 0.25) is 0 Å². The zero-order valence-corrected chi connectivity index (χ0v) is 11.9. The van der Waals surface area contributed by atoms with E-state index in [2.05, 4.69) is 9.51 Å². The SMILES string of the molecule is Cc1cn(C2OC(CO[P+](=O)O)C(O)C2O)c(=O)nc1N. The van der Waals surface area contributed by atoms with E-state index in [0.717, 1.165) is 4.57 Å². The number of aryl methyl sites for hydroxylation is 1. The zero-order valence-electron chi connectivity index (χ0n) is 11.0. The maximum atomic E-state index is 11.8. The number of aliphatic hydroxyl groups excluding tert-OH is 2. The Morgan fingerprint density at radius 3 is 2.81 bits per heavy atom. The third-order valence-corrected chi connectivity index (χ3v) is 3.50. The first-order valence-electron chi connectivity index (χ1n) is 5.97. The Balaban J connectivity index is 2.23.